The Morgan fingerprint density at radius 3 is 2.06 bits per heavy atom. The zero-order chi connectivity index (χ0) is 23.0. The fourth-order valence-electron chi connectivity index (χ4n) is 3.00. The molecule has 0 aromatic heterocycles. The number of carbonyl (C=O) groups is 3. The number of primary amides is 1. The van der Waals surface area contributed by atoms with Gasteiger partial charge in [0.25, 0.3) is 5.91 Å². The highest BCUT2D eigenvalue weighted by Gasteiger charge is 2.32. The van der Waals surface area contributed by atoms with E-state index < -0.39 is 44.1 Å². The number of carboxylic acids is 1. The monoisotopic (exact) mass is 448 g/mol. The average molecular weight is 448 g/mol. The minimum atomic E-state index is -2.73. The van der Waals surface area contributed by atoms with Crippen molar-refractivity contribution < 1.29 is 34.6 Å². The summed E-state index contributed by atoms with van der Waals surface area (Å²) in [4.78, 5) is 38.0. The molecular weight excluding hydrogens is 421 g/mol. The molecule has 0 aliphatic rings. The van der Waals surface area contributed by atoms with Gasteiger partial charge < -0.3 is 9.67 Å². The molecule has 3 amide bonds. The van der Waals surface area contributed by atoms with Crippen LogP contribution in [0.2, 0.25) is 0 Å². The Morgan fingerprint density at radius 1 is 1.00 bits per heavy atom. The molecular formula is C21H27N3O6P+. The van der Waals surface area contributed by atoms with E-state index in [1.807, 2.05) is 0 Å². The van der Waals surface area contributed by atoms with Gasteiger partial charge in [-0.25, -0.2) is 15.2 Å². The van der Waals surface area contributed by atoms with Crippen LogP contribution in [-0.2, 0) is 14.2 Å². The standard InChI is InChI=1S/C21H26N3O6P/c1-31(2,30)15-23(21(28)22-17-11-7-4-8-12-17)14-24(29)20(27)18(13-19(25)26)16-9-5-3-6-10-16/h3-12,18,29H,13-15H2,1-2H3,(H,22,28)(H,25,26)/p+1. The summed E-state index contributed by atoms with van der Waals surface area (Å²) in [5, 5.41) is 21.3. The van der Waals surface area contributed by atoms with Crippen molar-refractivity contribution in [2.75, 3.05) is 26.3 Å². The lowest BCUT2D eigenvalue weighted by molar-refractivity contribution is -0.473. The third-order valence-corrected chi connectivity index (χ3v) is 5.37. The number of rotatable bonds is 9. The first-order valence-corrected chi connectivity index (χ1v) is 12.3. The van der Waals surface area contributed by atoms with Crippen LogP contribution in [0.4, 0.5) is 10.5 Å². The maximum atomic E-state index is 12.9. The van der Waals surface area contributed by atoms with Crippen molar-refractivity contribution in [3.05, 3.63) is 66.2 Å². The summed E-state index contributed by atoms with van der Waals surface area (Å²) in [5.41, 5.74) is 1.04. The highest BCUT2D eigenvalue weighted by molar-refractivity contribution is 7.62. The van der Waals surface area contributed by atoms with E-state index in [-0.39, 0.29) is 6.29 Å². The van der Waals surface area contributed by atoms with Crippen molar-refractivity contribution in [2.45, 2.75) is 12.3 Å². The first-order valence-electron chi connectivity index (χ1n) is 9.56. The van der Waals surface area contributed by atoms with Crippen LogP contribution in [0.3, 0.4) is 0 Å². The van der Waals surface area contributed by atoms with E-state index in [9.17, 15) is 29.3 Å². The van der Waals surface area contributed by atoms with E-state index >= 15 is 0 Å². The van der Waals surface area contributed by atoms with Crippen LogP contribution in [-0.4, -0.2) is 64.5 Å². The third-order valence-electron chi connectivity index (χ3n) is 4.35. The quantitative estimate of drug-likeness (QED) is 0.177. The molecule has 1 atom stereocenters. The number of nitrogens with two attached hydrogens (primary N) is 1. The number of nitrogens with zero attached hydrogens (tertiary/aromatic N) is 2. The molecule has 31 heavy (non-hydrogen) atoms. The maximum Gasteiger partial charge on any atom is 0.422 e. The molecule has 0 saturated carbocycles. The van der Waals surface area contributed by atoms with Gasteiger partial charge in [0.05, 0.1) is 18.6 Å². The Kier molecular flexibility index (Phi) is 8.50. The van der Waals surface area contributed by atoms with Gasteiger partial charge in [0.2, 0.25) is 0 Å². The van der Waals surface area contributed by atoms with Gasteiger partial charge in [-0.05, 0) is 31.0 Å². The molecule has 0 aliphatic heterocycles. The average Bonchev–Trinajstić information content (AvgIpc) is 2.71. The number of carbonyl (C=O) groups excluding carboxylic acids is 2. The number of aliphatic carboxylic acids is 1. The molecule has 0 aliphatic carbocycles. The summed E-state index contributed by atoms with van der Waals surface area (Å²) < 4.78 is 12.4. The Morgan fingerprint density at radius 2 is 1.55 bits per heavy atom. The summed E-state index contributed by atoms with van der Waals surface area (Å²) in [5.74, 6) is -3.20. The van der Waals surface area contributed by atoms with Crippen molar-refractivity contribution in [1.29, 1.82) is 0 Å². The molecule has 2 aromatic rings. The van der Waals surface area contributed by atoms with Gasteiger partial charge in [0, 0.05) is 0 Å². The second-order valence-electron chi connectivity index (χ2n) is 7.59. The van der Waals surface area contributed by atoms with Gasteiger partial charge in [-0.2, -0.15) is 0 Å². The molecule has 166 valence electrons. The number of para-hydroxylation sites is 1. The summed E-state index contributed by atoms with van der Waals surface area (Å²) in [6.45, 7) is 2.45. The molecule has 4 N–H and O–H groups in total. The van der Waals surface area contributed by atoms with E-state index in [4.69, 9.17) is 0 Å². The number of quaternary nitrogens is 1. The molecule has 0 spiro atoms. The minimum Gasteiger partial charge on any atom is -0.481 e. The van der Waals surface area contributed by atoms with Crippen LogP contribution in [0.5, 0.6) is 0 Å². The van der Waals surface area contributed by atoms with Gasteiger partial charge in [0.15, 0.2) is 0 Å². The Balaban J connectivity index is 2.21. The number of benzene rings is 2. The van der Waals surface area contributed by atoms with E-state index in [2.05, 4.69) is 0 Å². The predicted octanol–water partition coefficient (Wildman–Crippen LogP) is 2.32. The molecule has 1 unspecified atom stereocenters. The molecule has 2 aromatic carbocycles. The summed E-state index contributed by atoms with van der Waals surface area (Å²) in [6.07, 6.45) is -0.682. The number of carboxylic acid groups (broad SMARTS) is 1. The van der Waals surface area contributed by atoms with Crippen molar-refractivity contribution in [2.24, 2.45) is 0 Å². The van der Waals surface area contributed by atoms with Crippen molar-refractivity contribution in [3.63, 3.8) is 0 Å². The lowest BCUT2D eigenvalue weighted by Gasteiger charge is -2.28. The fourth-order valence-corrected chi connectivity index (χ4v) is 4.05. The number of hydrogen-bond acceptors (Lipinski definition) is 5. The normalized spacial score (nSPS) is 12.1. The maximum absolute atomic E-state index is 12.9. The highest BCUT2D eigenvalue weighted by Crippen LogP contribution is 2.36. The zero-order valence-electron chi connectivity index (χ0n) is 17.4. The third kappa shape index (κ3) is 7.97. The van der Waals surface area contributed by atoms with Crippen LogP contribution >= 0.6 is 7.14 Å². The summed E-state index contributed by atoms with van der Waals surface area (Å²) in [7, 11) is -2.73. The van der Waals surface area contributed by atoms with E-state index in [0.29, 0.717) is 16.3 Å². The first kappa shape index (κ1) is 24.3. The predicted molar refractivity (Wildman–Crippen MR) is 115 cm³/mol. The molecule has 0 fully saturated rings. The first-order chi connectivity index (χ1) is 14.6. The lowest BCUT2D eigenvalue weighted by Crippen LogP contribution is -2.86. The van der Waals surface area contributed by atoms with E-state index in [0.717, 1.165) is 4.90 Å². The molecule has 2 rings (SSSR count). The SMILES string of the molecule is CP(C)(=O)CN(CN(O)C(=O)C(CC(=O)O)c1ccccc1)C(=O)[NH2+]c1ccccc1. The summed E-state index contributed by atoms with van der Waals surface area (Å²) in [6, 6.07) is 16.4. The van der Waals surface area contributed by atoms with Crippen LogP contribution in [0.25, 0.3) is 0 Å². The second kappa shape index (κ2) is 10.9. The molecule has 10 heteroatoms. The Hall–Kier alpha value is -3.00. The second-order valence-corrected chi connectivity index (χ2v) is 11.0. The van der Waals surface area contributed by atoms with Crippen LogP contribution < -0.4 is 5.32 Å². The van der Waals surface area contributed by atoms with Crippen molar-refractivity contribution >= 4 is 30.7 Å². The molecule has 0 saturated heterocycles. The van der Waals surface area contributed by atoms with Gasteiger partial charge in [-0.3, -0.25) is 19.7 Å². The van der Waals surface area contributed by atoms with Gasteiger partial charge in [-0.15, -0.1) is 0 Å². The minimum absolute atomic E-state index is 0.158. The smallest absolute Gasteiger partial charge is 0.422 e. The van der Waals surface area contributed by atoms with Gasteiger partial charge >= 0.3 is 12.0 Å². The van der Waals surface area contributed by atoms with E-state index in [1.165, 1.54) is 18.6 Å². The molecule has 0 bridgehead atoms. The Bertz CT molecular complexity index is 948. The highest BCUT2D eigenvalue weighted by atomic mass is 31.2. The fraction of sp³-hybridized carbons (Fsp3) is 0.286. The van der Waals surface area contributed by atoms with Crippen LogP contribution in [0.1, 0.15) is 17.9 Å². The van der Waals surface area contributed by atoms with Crippen molar-refractivity contribution in [3.8, 4) is 0 Å². The molecule has 0 radical (unpaired) electrons. The van der Waals surface area contributed by atoms with Gasteiger partial charge in [-0.1, -0.05) is 48.5 Å². The summed E-state index contributed by atoms with van der Waals surface area (Å²) >= 11 is 0. The van der Waals surface area contributed by atoms with E-state index in [1.54, 1.807) is 60.7 Å². The van der Waals surface area contributed by atoms with Crippen molar-refractivity contribution in [1.82, 2.24) is 9.96 Å². The van der Waals surface area contributed by atoms with Crippen LogP contribution in [0, 0.1) is 0 Å². The lowest BCUT2D eigenvalue weighted by atomic mass is 9.95. The van der Waals surface area contributed by atoms with Gasteiger partial charge in [0.1, 0.15) is 19.5 Å². The number of hydroxylamine groups is 2. The largest absolute Gasteiger partial charge is 0.481 e. The topological polar surface area (TPSA) is 132 Å². The van der Waals surface area contributed by atoms with Crippen LogP contribution in [0.15, 0.2) is 60.7 Å². The number of hydrogen-bond donors (Lipinski definition) is 3. The number of urea groups is 1. The molecule has 0 heterocycles. The molecule has 9 nitrogen and oxygen atoms in total. The number of amides is 3. The Labute approximate surface area is 180 Å². The zero-order valence-corrected chi connectivity index (χ0v) is 18.3.